The molecule has 4 aliphatic rings. The van der Waals surface area contributed by atoms with Crippen molar-refractivity contribution in [3.63, 3.8) is 0 Å². The van der Waals surface area contributed by atoms with Gasteiger partial charge in [0, 0.05) is 11.1 Å². The Balaban J connectivity index is 0.00000144. The Morgan fingerprint density at radius 3 is 2.45 bits per heavy atom. The van der Waals surface area contributed by atoms with E-state index in [1.165, 1.54) is 38.8 Å². The lowest BCUT2D eigenvalue weighted by Crippen LogP contribution is -2.65. The number of hydrogen-bond donors (Lipinski definition) is 1. The molecule has 3 nitrogen and oxygen atoms in total. The van der Waals surface area contributed by atoms with Gasteiger partial charge in [0.25, 0.3) is 5.91 Å². The Morgan fingerprint density at radius 1 is 1.18 bits per heavy atom. The first-order valence-corrected chi connectivity index (χ1v) is 8.37. The van der Waals surface area contributed by atoms with Gasteiger partial charge in [0.1, 0.15) is 0 Å². The topological polar surface area (TPSA) is 32.3 Å². The van der Waals surface area contributed by atoms with Gasteiger partial charge in [-0.15, -0.1) is 12.4 Å². The standard InChI is InChI=1S/C16H18Cl2N2O.ClH/c17-12-2-1-11(9-13(12)18)15(21)19-14-10-3-7-20(8-4-10)16(14)5-6-16;/h1-2,9-10,14H,3-8H2,(H,19,21);1H/t14-;/m1./s1. The van der Waals surface area contributed by atoms with Gasteiger partial charge < -0.3 is 5.32 Å². The molecule has 1 aromatic carbocycles. The molecule has 1 N–H and O–H groups in total. The molecule has 1 aliphatic carbocycles. The number of nitrogens with one attached hydrogen (secondary N) is 1. The number of amides is 1. The van der Waals surface area contributed by atoms with Gasteiger partial charge in [0.05, 0.1) is 16.1 Å². The number of benzene rings is 1. The lowest BCUT2D eigenvalue weighted by Gasteiger charge is -2.52. The van der Waals surface area contributed by atoms with E-state index < -0.39 is 0 Å². The maximum absolute atomic E-state index is 12.5. The number of piperidine rings is 3. The van der Waals surface area contributed by atoms with Crippen LogP contribution in [0.5, 0.6) is 0 Å². The van der Waals surface area contributed by atoms with Crippen LogP contribution in [-0.2, 0) is 0 Å². The van der Waals surface area contributed by atoms with Gasteiger partial charge >= 0.3 is 0 Å². The zero-order valence-electron chi connectivity index (χ0n) is 12.1. The summed E-state index contributed by atoms with van der Waals surface area (Å²) in [4.78, 5) is 15.1. The molecule has 120 valence electrons. The third-order valence-corrected chi connectivity index (χ3v) is 6.19. The molecule has 1 aromatic rings. The Bertz CT molecular complexity index is 595. The summed E-state index contributed by atoms with van der Waals surface area (Å²) in [5.74, 6) is 0.600. The second kappa shape index (κ2) is 5.86. The average molecular weight is 362 g/mol. The Kier molecular flexibility index (Phi) is 4.36. The Morgan fingerprint density at radius 2 is 1.86 bits per heavy atom. The number of nitrogens with zero attached hydrogens (tertiary/aromatic N) is 1. The van der Waals surface area contributed by atoms with Crippen molar-refractivity contribution in [1.82, 2.24) is 10.2 Å². The van der Waals surface area contributed by atoms with E-state index in [0.717, 1.165) is 0 Å². The molecule has 0 unspecified atom stereocenters. The first kappa shape index (κ1) is 16.4. The second-order valence-electron chi connectivity index (χ2n) is 6.51. The van der Waals surface area contributed by atoms with Crippen LogP contribution in [-0.4, -0.2) is 35.5 Å². The molecule has 0 aromatic heterocycles. The fraction of sp³-hybridized carbons (Fsp3) is 0.562. The highest BCUT2D eigenvalue weighted by atomic mass is 35.5. The summed E-state index contributed by atoms with van der Waals surface area (Å²) in [6, 6.07) is 5.37. The summed E-state index contributed by atoms with van der Waals surface area (Å²) in [5.41, 5.74) is 0.851. The minimum absolute atomic E-state index is 0. The van der Waals surface area contributed by atoms with Gasteiger partial charge in [-0.3, -0.25) is 9.69 Å². The number of halogens is 3. The van der Waals surface area contributed by atoms with Gasteiger partial charge in [-0.05, 0) is 62.9 Å². The van der Waals surface area contributed by atoms with Crippen LogP contribution in [0.15, 0.2) is 18.2 Å². The first-order chi connectivity index (χ1) is 10.1. The highest BCUT2D eigenvalue weighted by molar-refractivity contribution is 6.42. The third-order valence-electron chi connectivity index (χ3n) is 5.45. The quantitative estimate of drug-likeness (QED) is 0.869. The summed E-state index contributed by atoms with van der Waals surface area (Å²) in [6.45, 7) is 2.40. The number of hydrogen-bond acceptors (Lipinski definition) is 2. The summed E-state index contributed by atoms with van der Waals surface area (Å²) >= 11 is 11.9. The first-order valence-electron chi connectivity index (χ1n) is 7.61. The van der Waals surface area contributed by atoms with Crippen molar-refractivity contribution >= 4 is 41.5 Å². The monoisotopic (exact) mass is 360 g/mol. The molecule has 1 spiro atoms. The van der Waals surface area contributed by atoms with Crippen LogP contribution in [0.3, 0.4) is 0 Å². The van der Waals surface area contributed by atoms with Crippen molar-refractivity contribution in [3.8, 4) is 0 Å². The van der Waals surface area contributed by atoms with Crippen LogP contribution < -0.4 is 5.32 Å². The van der Waals surface area contributed by atoms with Gasteiger partial charge in [0.15, 0.2) is 0 Å². The zero-order valence-corrected chi connectivity index (χ0v) is 14.5. The minimum atomic E-state index is -0.0291. The van der Waals surface area contributed by atoms with Gasteiger partial charge in [-0.25, -0.2) is 0 Å². The molecule has 3 heterocycles. The molecule has 5 rings (SSSR count). The van der Waals surface area contributed by atoms with Crippen molar-refractivity contribution in [3.05, 3.63) is 33.8 Å². The van der Waals surface area contributed by atoms with Crippen LogP contribution in [0.4, 0.5) is 0 Å². The number of fused-ring (bicyclic) bond motifs is 2. The Hall–Kier alpha value is -0.480. The highest BCUT2D eigenvalue weighted by Gasteiger charge is 2.60. The normalized spacial score (nSPS) is 30.7. The van der Waals surface area contributed by atoms with E-state index in [4.69, 9.17) is 23.2 Å². The maximum Gasteiger partial charge on any atom is 0.251 e. The lowest BCUT2D eigenvalue weighted by molar-refractivity contribution is -0.00144. The van der Waals surface area contributed by atoms with E-state index in [-0.39, 0.29) is 23.9 Å². The van der Waals surface area contributed by atoms with E-state index in [9.17, 15) is 4.79 Å². The highest BCUT2D eigenvalue weighted by Crippen LogP contribution is 2.53. The van der Waals surface area contributed by atoms with Gasteiger partial charge in [-0.1, -0.05) is 23.2 Å². The zero-order chi connectivity index (χ0) is 14.6. The molecule has 22 heavy (non-hydrogen) atoms. The third kappa shape index (κ3) is 2.52. The van der Waals surface area contributed by atoms with Crippen LogP contribution in [0.2, 0.25) is 10.0 Å². The number of rotatable bonds is 2. The summed E-state index contributed by atoms with van der Waals surface area (Å²) in [7, 11) is 0. The molecular weight excluding hydrogens is 343 g/mol. The van der Waals surface area contributed by atoms with Crippen LogP contribution in [0.1, 0.15) is 36.0 Å². The van der Waals surface area contributed by atoms with Crippen molar-refractivity contribution in [1.29, 1.82) is 0 Å². The van der Waals surface area contributed by atoms with E-state index >= 15 is 0 Å². The SMILES string of the molecule is Cl.O=C(N[C@@H]1C2CCN(CC2)C12CC2)c1ccc(Cl)c(Cl)c1. The summed E-state index contributed by atoms with van der Waals surface area (Å²) < 4.78 is 0. The largest absolute Gasteiger partial charge is 0.347 e. The van der Waals surface area contributed by atoms with E-state index in [1.807, 2.05) is 0 Å². The van der Waals surface area contributed by atoms with Crippen molar-refractivity contribution in [2.75, 3.05) is 13.1 Å². The van der Waals surface area contributed by atoms with E-state index in [2.05, 4.69) is 10.2 Å². The fourth-order valence-corrected chi connectivity index (χ4v) is 4.48. The van der Waals surface area contributed by atoms with E-state index in [0.29, 0.717) is 27.6 Å². The molecule has 1 amide bonds. The molecule has 1 saturated carbocycles. The molecule has 0 radical (unpaired) electrons. The summed E-state index contributed by atoms with van der Waals surface area (Å²) in [6.07, 6.45) is 4.84. The number of carbonyl (C=O) groups excluding carboxylic acids is 1. The molecule has 4 fully saturated rings. The van der Waals surface area contributed by atoms with Crippen molar-refractivity contribution in [2.45, 2.75) is 37.3 Å². The van der Waals surface area contributed by atoms with Crippen molar-refractivity contribution < 1.29 is 4.79 Å². The van der Waals surface area contributed by atoms with Crippen molar-refractivity contribution in [2.24, 2.45) is 5.92 Å². The molecular formula is C16H19Cl3N2O. The lowest BCUT2D eigenvalue weighted by atomic mass is 9.77. The molecule has 1 atom stereocenters. The number of carbonyl (C=O) groups is 1. The summed E-state index contributed by atoms with van der Waals surface area (Å²) in [5, 5.41) is 4.19. The second-order valence-corrected chi connectivity index (χ2v) is 7.32. The maximum atomic E-state index is 12.5. The average Bonchev–Trinajstić information content (AvgIpc) is 3.27. The van der Waals surface area contributed by atoms with Crippen LogP contribution >= 0.6 is 35.6 Å². The predicted molar refractivity (Wildman–Crippen MR) is 91.2 cm³/mol. The minimum Gasteiger partial charge on any atom is -0.347 e. The molecule has 3 saturated heterocycles. The smallest absolute Gasteiger partial charge is 0.251 e. The van der Waals surface area contributed by atoms with Gasteiger partial charge in [-0.2, -0.15) is 0 Å². The Labute approximate surface area is 146 Å². The predicted octanol–water partition coefficient (Wildman–Crippen LogP) is 3.77. The fourth-order valence-electron chi connectivity index (χ4n) is 4.18. The molecule has 2 bridgehead atoms. The molecule has 6 heteroatoms. The van der Waals surface area contributed by atoms with Crippen LogP contribution in [0, 0.1) is 5.92 Å². The van der Waals surface area contributed by atoms with Crippen LogP contribution in [0.25, 0.3) is 0 Å². The van der Waals surface area contributed by atoms with E-state index in [1.54, 1.807) is 18.2 Å². The van der Waals surface area contributed by atoms with Gasteiger partial charge in [0.2, 0.25) is 0 Å². The molecule has 3 aliphatic heterocycles.